The van der Waals surface area contributed by atoms with Crippen molar-refractivity contribution in [2.75, 3.05) is 10.7 Å². The number of para-hydroxylation sites is 1. The summed E-state index contributed by atoms with van der Waals surface area (Å²) in [5.41, 5.74) is 5.61. The van der Waals surface area contributed by atoms with Crippen LogP contribution in [0.1, 0.15) is 10.4 Å². The van der Waals surface area contributed by atoms with Gasteiger partial charge >= 0.3 is 5.69 Å². The fourth-order valence-corrected chi connectivity index (χ4v) is 3.92. The van der Waals surface area contributed by atoms with E-state index in [1.165, 1.54) is 11.3 Å². The molecule has 0 radical (unpaired) electrons. The molecule has 2 aromatic heterocycles. The molecule has 30 heavy (non-hydrogen) atoms. The summed E-state index contributed by atoms with van der Waals surface area (Å²) >= 11 is 4.62. The van der Waals surface area contributed by atoms with E-state index in [-0.39, 0.29) is 11.6 Å². The molecule has 0 aliphatic rings. The summed E-state index contributed by atoms with van der Waals surface area (Å²) in [6.45, 7) is 0. The topological polar surface area (TPSA) is 135 Å². The van der Waals surface area contributed by atoms with Crippen LogP contribution >= 0.6 is 27.3 Å². The fourth-order valence-electron chi connectivity index (χ4n) is 2.59. The maximum atomic E-state index is 12.4. The van der Waals surface area contributed by atoms with E-state index in [2.05, 4.69) is 47.1 Å². The highest BCUT2D eigenvalue weighted by molar-refractivity contribution is 9.10. The quantitative estimate of drug-likeness (QED) is 0.272. The Morgan fingerprint density at radius 1 is 1.07 bits per heavy atom. The zero-order chi connectivity index (χ0) is 21.1. The number of halogens is 1. The fraction of sp³-hybridized carbons (Fsp3) is 0. The Hall–Kier alpha value is -3.64. The van der Waals surface area contributed by atoms with Gasteiger partial charge in [0.1, 0.15) is 6.33 Å². The van der Waals surface area contributed by atoms with Crippen LogP contribution < -0.4 is 16.2 Å². The lowest BCUT2D eigenvalue weighted by molar-refractivity contribution is -0.383. The van der Waals surface area contributed by atoms with Gasteiger partial charge in [0.25, 0.3) is 5.91 Å². The van der Waals surface area contributed by atoms with Crippen LogP contribution in [0.5, 0.6) is 0 Å². The molecule has 1 amide bonds. The van der Waals surface area contributed by atoms with Gasteiger partial charge in [0.05, 0.1) is 20.7 Å². The van der Waals surface area contributed by atoms with Crippen LogP contribution in [0.3, 0.4) is 0 Å². The van der Waals surface area contributed by atoms with E-state index in [1.807, 2.05) is 24.3 Å². The number of amides is 1. The maximum absolute atomic E-state index is 12.4. The Morgan fingerprint density at radius 2 is 1.80 bits per heavy atom. The van der Waals surface area contributed by atoms with Gasteiger partial charge in [-0.1, -0.05) is 35.6 Å². The Morgan fingerprint density at radius 3 is 2.57 bits per heavy atom. The van der Waals surface area contributed by atoms with Crippen LogP contribution in [-0.4, -0.2) is 25.8 Å². The Labute approximate surface area is 181 Å². The number of anilines is 3. The van der Waals surface area contributed by atoms with E-state index >= 15 is 0 Å². The Bertz CT molecular complexity index is 1230. The van der Waals surface area contributed by atoms with Gasteiger partial charge in [0.2, 0.25) is 11.6 Å². The molecule has 0 saturated carbocycles. The molecule has 2 aromatic carbocycles. The van der Waals surface area contributed by atoms with Gasteiger partial charge in [-0.05, 0) is 40.2 Å². The van der Waals surface area contributed by atoms with Crippen LogP contribution in [0.2, 0.25) is 0 Å². The summed E-state index contributed by atoms with van der Waals surface area (Å²) in [7, 11) is 0. The molecule has 10 nitrogen and oxygen atoms in total. The number of nitrogens with zero attached hydrogens (tertiary/aromatic N) is 4. The molecule has 3 N–H and O–H groups in total. The Balaban J connectivity index is 1.59. The first-order valence-electron chi connectivity index (χ1n) is 8.46. The molecule has 0 spiro atoms. The third-order valence-corrected chi connectivity index (χ3v) is 5.58. The lowest BCUT2D eigenvalue weighted by Gasteiger charge is -2.10. The monoisotopic (exact) mass is 485 g/mol. The normalized spacial score (nSPS) is 10.6. The van der Waals surface area contributed by atoms with Crippen LogP contribution in [0, 0.1) is 10.1 Å². The number of aromatic nitrogens is 3. The summed E-state index contributed by atoms with van der Waals surface area (Å²) < 4.78 is 1.51. The van der Waals surface area contributed by atoms with E-state index in [0.29, 0.717) is 15.2 Å². The first kappa shape index (κ1) is 19.7. The number of hydrazine groups is 1. The average Bonchev–Trinajstić information content (AvgIpc) is 3.14. The van der Waals surface area contributed by atoms with Gasteiger partial charge in [0, 0.05) is 4.47 Å². The highest BCUT2D eigenvalue weighted by Gasteiger charge is 2.24. The summed E-state index contributed by atoms with van der Waals surface area (Å²) in [5.74, 6) is -0.707. The number of hydrogen-bond acceptors (Lipinski definition) is 9. The molecule has 4 rings (SSSR count). The standard InChI is InChI=1S/C18H12BrN7O3S/c19-11-6-2-1-5-10(11)17(27)25-24-16-14(26(28)29)15(20-9-21-16)23-18-22-12-7-3-4-8-13(12)30-18/h1-9H,(H,25,27)(H2,20,21,22,23,24). The first-order valence-corrected chi connectivity index (χ1v) is 10.1. The number of nitro groups is 1. The zero-order valence-electron chi connectivity index (χ0n) is 15.0. The van der Waals surface area contributed by atoms with Gasteiger partial charge in [-0.15, -0.1) is 0 Å². The van der Waals surface area contributed by atoms with Crippen molar-refractivity contribution in [2.24, 2.45) is 0 Å². The summed E-state index contributed by atoms with van der Waals surface area (Å²) in [5, 5.41) is 15.0. The number of carbonyl (C=O) groups is 1. The van der Waals surface area contributed by atoms with Crippen molar-refractivity contribution in [2.45, 2.75) is 0 Å². The van der Waals surface area contributed by atoms with Crippen molar-refractivity contribution in [3.63, 3.8) is 0 Å². The minimum atomic E-state index is -0.636. The van der Waals surface area contributed by atoms with Gasteiger partial charge in [0.15, 0.2) is 5.13 Å². The van der Waals surface area contributed by atoms with Crippen molar-refractivity contribution in [3.8, 4) is 0 Å². The summed E-state index contributed by atoms with van der Waals surface area (Å²) in [6.07, 6.45) is 1.15. The number of thiazole rings is 1. The highest BCUT2D eigenvalue weighted by Crippen LogP contribution is 2.33. The van der Waals surface area contributed by atoms with Crippen molar-refractivity contribution in [3.05, 3.63) is 75.0 Å². The van der Waals surface area contributed by atoms with Crippen molar-refractivity contribution in [1.29, 1.82) is 0 Å². The van der Waals surface area contributed by atoms with E-state index in [9.17, 15) is 14.9 Å². The summed E-state index contributed by atoms with van der Waals surface area (Å²) in [6, 6.07) is 14.3. The third kappa shape index (κ3) is 4.04. The predicted octanol–water partition coefficient (Wildman–Crippen LogP) is 4.26. The lowest BCUT2D eigenvalue weighted by atomic mass is 10.2. The maximum Gasteiger partial charge on any atom is 0.355 e. The van der Waals surface area contributed by atoms with Gasteiger partial charge in [-0.3, -0.25) is 25.8 Å². The minimum absolute atomic E-state index is 0.0494. The summed E-state index contributed by atoms with van der Waals surface area (Å²) in [4.78, 5) is 35.6. The molecule has 0 aliphatic carbocycles. The van der Waals surface area contributed by atoms with E-state index < -0.39 is 16.5 Å². The third-order valence-electron chi connectivity index (χ3n) is 3.94. The van der Waals surface area contributed by atoms with E-state index in [1.54, 1.807) is 24.3 Å². The second-order valence-corrected chi connectivity index (χ2v) is 7.73. The second kappa shape index (κ2) is 8.39. The molecule has 150 valence electrons. The molecule has 0 bridgehead atoms. The van der Waals surface area contributed by atoms with E-state index in [4.69, 9.17) is 0 Å². The number of fused-ring (bicyclic) bond motifs is 1. The van der Waals surface area contributed by atoms with Gasteiger partial charge < -0.3 is 5.32 Å². The SMILES string of the molecule is O=C(NNc1ncnc(Nc2nc3ccccc3s2)c1[N+](=O)[O-])c1ccccc1Br. The molecule has 2 heterocycles. The highest BCUT2D eigenvalue weighted by atomic mass is 79.9. The molecule has 0 atom stereocenters. The lowest BCUT2D eigenvalue weighted by Crippen LogP contribution is -2.30. The van der Waals surface area contributed by atoms with Gasteiger partial charge in [-0.2, -0.15) is 0 Å². The smallest absolute Gasteiger partial charge is 0.310 e. The van der Waals surface area contributed by atoms with E-state index in [0.717, 1.165) is 16.5 Å². The molecular weight excluding hydrogens is 474 g/mol. The number of rotatable bonds is 6. The van der Waals surface area contributed by atoms with Crippen LogP contribution in [0.4, 0.5) is 22.5 Å². The first-order chi connectivity index (χ1) is 14.5. The van der Waals surface area contributed by atoms with Crippen LogP contribution in [0.25, 0.3) is 10.2 Å². The van der Waals surface area contributed by atoms with Crippen LogP contribution in [0.15, 0.2) is 59.3 Å². The Kier molecular flexibility index (Phi) is 5.50. The zero-order valence-corrected chi connectivity index (χ0v) is 17.4. The van der Waals surface area contributed by atoms with Crippen molar-refractivity contribution >= 4 is 65.8 Å². The minimum Gasteiger partial charge on any atom is -0.310 e. The molecule has 0 aliphatic heterocycles. The molecule has 0 fully saturated rings. The van der Waals surface area contributed by atoms with Crippen LogP contribution in [-0.2, 0) is 0 Å². The number of carbonyl (C=O) groups excluding carboxylic acids is 1. The number of nitrogens with one attached hydrogen (secondary N) is 3. The van der Waals surface area contributed by atoms with Crippen molar-refractivity contribution in [1.82, 2.24) is 20.4 Å². The van der Waals surface area contributed by atoms with Crippen molar-refractivity contribution < 1.29 is 9.72 Å². The molecular formula is C18H12BrN7O3S. The second-order valence-electron chi connectivity index (χ2n) is 5.85. The predicted molar refractivity (Wildman–Crippen MR) is 117 cm³/mol. The molecule has 12 heteroatoms. The largest absolute Gasteiger partial charge is 0.355 e. The van der Waals surface area contributed by atoms with Gasteiger partial charge in [-0.25, -0.2) is 15.0 Å². The average molecular weight is 486 g/mol. The molecule has 4 aromatic rings. The number of benzene rings is 2. The molecule has 0 unspecified atom stereocenters. The molecule has 0 saturated heterocycles. The number of hydrogen-bond donors (Lipinski definition) is 3.